The molecular weight excluding hydrogens is 354 g/mol. The maximum Gasteiger partial charge on any atom is 0.293 e. The third kappa shape index (κ3) is 4.52. The SMILES string of the molecule is O=C(Nc1cccc(Cl)c1)c1ccc(NC2CCCCC2)c([N+](=O)[O-])c1. The Labute approximate surface area is 156 Å². The fourth-order valence-electron chi connectivity index (χ4n) is 3.18. The fourth-order valence-corrected chi connectivity index (χ4v) is 3.37. The van der Waals surface area contributed by atoms with Crippen molar-refractivity contribution >= 4 is 34.6 Å². The summed E-state index contributed by atoms with van der Waals surface area (Å²) in [7, 11) is 0. The van der Waals surface area contributed by atoms with Crippen molar-refractivity contribution in [3.63, 3.8) is 0 Å². The van der Waals surface area contributed by atoms with E-state index in [0.717, 1.165) is 25.7 Å². The van der Waals surface area contributed by atoms with Crippen LogP contribution in [-0.4, -0.2) is 16.9 Å². The van der Waals surface area contributed by atoms with Crippen molar-refractivity contribution in [3.8, 4) is 0 Å². The average Bonchev–Trinajstić information content (AvgIpc) is 2.62. The molecule has 0 aliphatic heterocycles. The normalized spacial score (nSPS) is 14.7. The van der Waals surface area contributed by atoms with Crippen molar-refractivity contribution in [3.05, 3.63) is 63.2 Å². The van der Waals surface area contributed by atoms with Gasteiger partial charge in [-0.3, -0.25) is 14.9 Å². The Kier molecular flexibility index (Phi) is 5.73. The van der Waals surface area contributed by atoms with Crippen molar-refractivity contribution in [2.75, 3.05) is 10.6 Å². The quantitative estimate of drug-likeness (QED) is 0.554. The van der Waals surface area contributed by atoms with Crippen LogP contribution in [0.3, 0.4) is 0 Å². The van der Waals surface area contributed by atoms with Crippen LogP contribution in [0.25, 0.3) is 0 Å². The maximum atomic E-state index is 12.4. The lowest BCUT2D eigenvalue weighted by Gasteiger charge is -2.23. The van der Waals surface area contributed by atoms with E-state index in [-0.39, 0.29) is 17.3 Å². The summed E-state index contributed by atoms with van der Waals surface area (Å²) < 4.78 is 0. The molecule has 0 radical (unpaired) electrons. The highest BCUT2D eigenvalue weighted by Gasteiger charge is 2.21. The second kappa shape index (κ2) is 8.19. The summed E-state index contributed by atoms with van der Waals surface area (Å²) in [5.74, 6) is -0.417. The van der Waals surface area contributed by atoms with E-state index in [4.69, 9.17) is 11.6 Å². The number of hydrogen-bond donors (Lipinski definition) is 2. The third-order valence-corrected chi connectivity index (χ3v) is 4.74. The van der Waals surface area contributed by atoms with Crippen LogP contribution < -0.4 is 10.6 Å². The molecule has 1 saturated carbocycles. The van der Waals surface area contributed by atoms with Crippen LogP contribution >= 0.6 is 11.6 Å². The van der Waals surface area contributed by atoms with Crippen LogP contribution in [0.4, 0.5) is 17.1 Å². The summed E-state index contributed by atoms with van der Waals surface area (Å²) in [6, 6.07) is 11.5. The zero-order valence-corrected chi connectivity index (χ0v) is 15.0. The predicted octanol–water partition coefficient (Wildman–Crippen LogP) is 5.25. The minimum atomic E-state index is -0.457. The molecule has 1 amide bonds. The topological polar surface area (TPSA) is 84.3 Å². The Balaban J connectivity index is 1.78. The lowest BCUT2D eigenvalue weighted by atomic mass is 9.95. The van der Waals surface area contributed by atoms with Gasteiger partial charge < -0.3 is 10.6 Å². The molecule has 3 rings (SSSR count). The Morgan fingerprint density at radius 1 is 1.12 bits per heavy atom. The molecule has 2 aromatic rings. The number of hydrogen-bond acceptors (Lipinski definition) is 4. The fraction of sp³-hybridized carbons (Fsp3) is 0.316. The van der Waals surface area contributed by atoms with E-state index in [2.05, 4.69) is 10.6 Å². The number of carbonyl (C=O) groups excluding carboxylic acids is 1. The van der Waals surface area contributed by atoms with Gasteiger partial charge in [-0.05, 0) is 43.2 Å². The second-order valence-corrected chi connectivity index (χ2v) is 6.87. The number of rotatable bonds is 5. The van der Waals surface area contributed by atoms with Gasteiger partial charge in [-0.1, -0.05) is 36.9 Å². The van der Waals surface area contributed by atoms with Crippen molar-refractivity contribution < 1.29 is 9.72 Å². The average molecular weight is 374 g/mol. The smallest absolute Gasteiger partial charge is 0.293 e. The minimum Gasteiger partial charge on any atom is -0.377 e. The largest absolute Gasteiger partial charge is 0.377 e. The number of nitrogens with zero attached hydrogens (tertiary/aromatic N) is 1. The van der Waals surface area contributed by atoms with Crippen LogP contribution in [0, 0.1) is 10.1 Å². The van der Waals surface area contributed by atoms with Crippen LogP contribution in [-0.2, 0) is 0 Å². The van der Waals surface area contributed by atoms with Crippen LogP contribution in [0.5, 0.6) is 0 Å². The summed E-state index contributed by atoms with van der Waals surface area (Å²) in [5, 5.41) is 17.9. The highest BCUT2D eigenvalue weighted by Crippen LogP contribution is 2.29. The van der Waals surface area contributed by atoms with Gasteiger partial charge in [-0.25, -0.2) is 0 Å². The molecule has 0 aromatic heterocycles. The molecule has 1 aliphatic carbocycles. The predicted molar refractivity (Wildman–Crippen MR) is 103 cm³/mol. The highest BCUT2D eigenvalue weighted by atomic mass is 35.5. The Hall–Kier alpha value is -2.60. The van der Waals surface area contributed by atoms with Crippen LogP contribution in [0.2, 0.25) is 5.02 Å². The van der Waals surface area contributed by atoms with E-state index < -0.39 is 10.8 Å². The molecule has 2 N–H and O–H groups in total. The van der Waals surface area contributed by atoms with Crippen molar-refractivity contribution in [1.29, 1.82) is 0 Å². The van der Waals surface area contributed by atoms with Gasteiger partial charge in [0.25, 0.3) is 11.6 Å². The monoisotopic (exact) mass is 373 g/mol. The van der Waals surface area contributed by atoms with E-state index in [0.29, 0.717) is 16.4 Å². The molecule has 1 aliphatic rings. The van der Waals surface area contributed by atoms with E-state index in [9.17, 15) is 14.9 Å². The zero-order chi connectivity index (χ0) is 18.5. The Morgan fingerprint density at radius 3 is 2.58 bits per heavy atom. The van der Waals surface area contributed by atoms with Gasteiger partial charge in [0, 0.05) is 28.4 Å². The van der Waals surface area contributed by atoms with Crippen molar-refractivity contribution in [2.45, 2.75) is 38.1 Å². The molecule has 6 nitrogen and oxygen atoms in total. The van der Waals surface area contributed by atoms with Gasteiger partial charge in [-0.15, -0.1) is 0 Å². The number of nitrogens with one attached hydrogen (secondary N) is 2. The second-order valence-electron chi connectivity index (χ2n) is 6.43. The molecule has 0 atom stereocenters. The molecule has 0 heterocycles. The van der Waals surface area contributed by atoms with Gasteiger partial charge in [0.1, 0.15) is 5.69 Å². The number of anilines is 2. The van der Waals surface area contributed by atoms with E-state index in [1.165, 1.54) is 12.5 Å². The number of nitro benzene ring substituents is 1. The summed E-state index contributed by atoms with van der Waals surface area (Å²) >= 11 is 5.91. The van der Waals surface area contributed by atoms with Crippen molar-refractivity contribution in [2.24, 2.45) is 0 Å². The number of benzene rings is 2. The third-order valence-electron chi connectivity index (χ3n) is 4.50. The first-order chi connectivity index (χ1) is 12.5. The zero-order valence-electron chi connectivity index (χ0n) is 14.2. The van der Waals surface area contributed by atoms with Gasteiger partial charge in [-0.2, -0.15) is 0 Å². The maximum absolute atomic E-state index is 12.4. The molecule has 26 heavy (non-hydrogen) atoms. The number of halogens is 1. The van der Waals surface area contributed by atoms with Gasteiger partial charge in [0.2, 0.25) is 0 Å². The lowest BCUT2D eigenvalue weighted by Crippen LogP contribution is -2.23. The molecule has 0 saturated heterocycles. The number of carbonyl (C=O) groups is 1. The lowest BCUT2D eigenvalue weighted by molar-refractivity contribution is -0.384. The molecule has 1 fully saturated rings. The Morgan fingerprint density at radius 2 is 1.88 bits per heavy atom. The van der Waals surface area contributed by atoms with E-state index >= 15 is 0 Å². The summed E-state index contributed by atoms with van der Waals surface area (Å²) in [4.78, 5) is 23.4. The highest BCUT2D eigenvalue weighted by molar-refractivity contribution is 6.31. The molecule has 2 aromatic carbocycles. The molecule has 136 valence electrons. The number of amides is 1. The van der Waals surface area contributed by atoms with E-state index in [1.807, 2.05) is 0 Å². The number of nitro groups is 1. The molecule has 0 spiro atoms. The van der Waals surface area contributed by atoms with Crippen LogP contribution in [0.15, 0.2) is 42.5 Å². The van der Waals surface area contributed by atoms with E-state index in [1.54, 1.807) is 36.4 Å². The molecule has 0 bridgehead atoms. The van der Waals surface area contributed by atoms with Gasteiger partial charge in [0.15, 0.2) is 0 Å². The summed E-state index contributed by atoms with van der Waals surface area (Å²) in [6.07, 6.45) is 5.49. The first-order valence-corrected chi connectivity index (χ1v) is 9.02. The summed E-state index contributed by atoms with van der Waals surface area (Å²) in [6.45, 7) is 0. The molecule has 7 heteroatoms. The first kappa shape index (κ1) is 18.2. The summed E-state index contributed by atoms with van der Waals surface area (Å²) in [5.41, 5.74) is 1.14. The standard InChI is InChI=1S/C19H20ClN3O3/c20-14-5-4-8-16(12-14)22-19(24)13-9-10-17(18(11-13)23(25)26)21-15-6-2-1-3-7-15/h4-5,8-12,15,21H,1-3,6-7H2,(H,22,24). The van der Waals surface area contributed by atoms with Gasteiger partial charge in [0.05, 0.1) is 4.92 Å². The first-order valence-electron chi connectivity index (χ1n) is 8.65. The minimum absolute atomic E-state index is 0.0886. The van der Waals surface area contributed by atoms with Crippen LogP contribution in [0.1, 0.15) is 42.5 Å². The Bertz CT molecular complexity index is 819. The molecular formula is C19H20ClN3O3. The van der Waals surface area contributed by atoms with Gasteiger partial charge >= 0.3 is 0 Å². The van der Waals surface area contributed by atoms with Crippen molar-refractivity contribution in [1.82, 2.24) is 0 Å². The molecule has 0 unspecified atom stereocenters.